The van der Waals surface area contributed by atoms with E-state index < -0.39 is 0 Å². The van der Waals surface area contributed by atoms with Crippen LogP contribution >= 0.6 is 34.8 Å². The molecule has 0 saturated carbocycles. The van der Waals surface area contributed by atoms with Gasteiger partial charge in [-0.25, -0.2) is 4.98 Å². The summed E-state index contributed by atoms with van der Waals surface area (Å²) in [5.74, 6) is 0.397. The molecule has 2 aromatic rings. The number of rotatable bonds is 2. The van der Waals surface area contributed by atoms with Crippen LogP contribution in [0.1, 0.15) is 12.1 Å². The molecule has 0 fully saturated rings. The van der Waals surface area contributed by atoms with Crippen molar-refractivity contribution in [3.63, 3.8) is 0 Å². The minimum Gasteiger partial charge on any atom is -0.346 e. The molecule has 0 unspecified atom stereocenters. The fourth-order valence-corrected chi connectivity index (χ4v) is 2.52. The molecular formula is C12H9Cl3N4. The predicted octanol–water partition coefficient (Wildman–Crippen LogP) is 4.06. The zero-order valence-corrected chi connectivity index (χ0v) is 12.0. The van der Waals surface area contributed by atoms with Gasteiger partial charge in [-0.3, -0.25) is 5.43 Å². The van der Waals surface area contributed by atoms with Gasteiger partial charge in [0.05, 0.1) is 21.5 Å². The topological polar surface area (TPSA) is 42.2 Å². The Bertz CT molecular complexity index is 663. The van der Waals surface area contributed by atoms with E-state index in [1.54, 1.807) is 0 Å². The summed E-state index contributed by atoms with van der Waals surface area (Å²) in [7, 11) is 0. The standard InChI is InChI=1S/C12H9Cl3N4/c13-7-6-8(14)12(16-11(7)15)18-17-9-3-5-19-4-1-2-10(9)19/h1-2,4,6H,3,5H2,(H,16,18). The second kappa shape index (κ2) is 5.04. The highest BCUT2D eigenvalue weighted by Gasteiger charge is 2.16. The summed E-state index contributed by atoms with van der Waals surface area (Å²) in [6, 6.07) is 5.56. The molecule has 0 atom stereocenters. The summed E-state index contributed by atoms with van der Waals surface area (Å²) < 4.78 is 2.14. The van der Waals surface area contributed by atoms with Crippen molar-refractivity contribution < 1.29 is 0 Å². The molecule has 7 heteroatoms. The molecule has 1 aliphatic heterocycles. The molecule has 1 aliphatic rings. The highest BCUT2D eigenvalue weighted by atomic mass is 35.5. The van der Waals surface area contributed by atoms with Gasteiger partial charge in [-0.1, -0.05) is 34.8 Å². The van der Waals surface area contributed by atoms with Gasteiger partial charge in [-0.05, 0) is 18.2 Å². The Balaban J connectivity index is 1.86. The summed E-state index contributed by atoms with van der Waals surface area (Å²) in [4.78, 5) is 4.05. The van der Waals surface area contributed by atoms with Crippen LogP contribution in [0, 0.1) is 0 Å². The average Bonchev–Trinajstić information content (AvgIpc) is 2.95. The summed E-state index contributed by atoms with van der Waals surface area (Å²) in [5, 5.41) is 5.23. The van der Waals surface area contributed by atoms with E-state index >= 15 is 0 Å². The number of fused-ring (bicyclic) bond motifs is 1. The number of nitrogens with zero attached hydrogens (tertiary/aromatic N) is 3. The molecule has 0 aromatic carbocycles. The molecule has 0 radical (unpaired) electrons. The predicted molar refractivity (Wildman–Crippen MR) is 78.5 cm³/mol. The lowest BCUT2D eigenvalue weighted by molar-refractivity contribution is 0.771. The lowest BCUT2D eigenvalue weighted by Gasteiger charge is -2.05. The number of hydrogen-bond acceptors (Lipinski definition) is 3. The first-order valence-electron chi connectivity index (χ1n) is 5.65. The van der Waals surface area contributed by atoms with Crippen molar-refractivity contribution in [3.05, 3.63) is 45.3 Å². The van der Waals surface area contributed by atoms with Gasteiger partial charge in [0.25, 0.3) is 0 Å². The van der Waals surface area contributed by atoms with Crippen LogP contribution in [0.2, 0.25) is 15.2 Å². The quantitative estimate of drug-likeness (QED) is 0.670. The van der Waals surface area contributed by atoms with Crippen LogP contribution in [0.3, 0.4) is 0 Å². The van der Waals surface area contributed by atoms with E-state index in [2.05, 4.69) is 20.1 Å². The maximum absolute atomic E-state index is 6.02. The first kappa shape index (κ1) is 12.8. The minimum absolute atomic E-state index is 0.198. The molecule has 3 heterocycles. The number of hydrogen-bond donors (Lipinski definition) is 1. The summed E-state index contributed by atoms with van der Waals surface area (Å²) >= 11 is 17.7. The van der Waals surface area contributed by atoms with Crippen LogP contribution in [0.5, 0.6) is 0 Å². The van der Waals surface area contributed by atoms with Gasteiger partial charge in [0, 0.05) is 19.2 Å². The van der Waals surface area contributed by atoms with E-state index in [0.29, 0.717) is 15.9 Å². The van der Waals surface area contributed by atoms with Crippen molar-refractivity contribution in [2.24, 2.45) is 5.10 Å². The van der Waals surface area contributed by atoms with Gasteiger partial charge in [0.1, 0.15) is 5.15 Å². The molecule has 0 aliphatic carbocycles. The van der Waals surface area contributed by atoms with Crippen LogP contribution in [0.25, 0.3) is 0 Å². The summed E-state index contributed by atoms with van der Waals surface area (Å²) in [5.41, 5.74) is 4.91. The highest BCUT2D eigenvalue weighted by Crippen LogP contribution is 2.29. The van der Waals surface area contributed by atoms with E-state index in [9.17, 15) is 0 Å². The fraction of sp³-hybridized carbons (Fsp3) is 0.167. The third-order valence-electron chi connectivity index (χ3n) is 2.90. The first-order chi connectivity index (χ1) is 9.15. The molecule has 4 nitrogen and oxygen atoms in total. The number of hydrazone groups is 1. The number of anilines is 1. The van der Waals surface area contributed by atoms with E-state index in [4.69, 9.17) is 34.8 Å². The molecule has 0 amide bonds. The molecule has 1 N–H and O–H groups in total. The van der Waals surface area contributed by atoms with Crippen LogP contribution in [-0.4, -0.2) is 15.3 Å². The summed E-state index contributed by atoms with van der Waals surface area (Å²) in [6.07, 6.45) is 2.91. The SMILES string of the molecule is Clc1cc(Cl)c(NN=C2CCn3cccc32)nc1Cl. The van der Waals surface area contributed by atoms with Gasteiger partial charge in [-0.2, -0.15) is 5.10 Å². The third kappa shape index (κ3) is 2.43. The van der Waals surface area contributed by atoms with E-state index in [1.807, 2.05) is 18.3 Å². The Hall–Kier alpha value is -1.23. The van der Waals surface area contributed by atoms with E-state index in [-0.39, 0.29) is 5.15 Å². The molecule has 19 heavy (non-hydrogen) atoms. The Labute approximate surface area is 125 Å². The molecule has 0 saturated heterocycles. The first-order valence-corrected chi connectivity index (χ1v) is 6.78. The maximum Gasteiger partial charge on any atom is 0.166 e. The second-order valence-corrected chi connectivity index (χ2v) is 5.27. The zero-order chi connectivity index (χ0) is 13.4. The van der Waals surface area contributed by atoms with E-state index in [1.165, 1.54) is 6.07 Å². The fourth-order valence-electron chi connectivity index (χ4n) is 1.98. The van der Waals surface area contributed by atoms with Crippen molar-refractivity contribution in [2.45, 2.75) is 13.0 Å². The lowest BCUT2D eigenvalue weighted by atomic mass is 10.2. The monoisotopic (exact) mass is 314 g/mol. The molecule has 98 valence electrons. The van der Waals surface area contributed by atoms with Crippen LogP contribution in [0.4, 0.5) is 5.82 Å². The molecule has 0 spiro atoms. The lowest BCUT2D eigenvalue weighted by Crippen LogP contribution is -2.01. The van der Waals surface area contributed by atoms with Crippen molar-refractivity contribution in [1.82, 2.24) is 9.55 Å². The van der Waals surface area contributed by atoms with Crippen LogP contribution in [-0.2, 0) is 6.54 Å². The highest BCUT2D eigenvalue weighted by molar-refractivity contribution is 6.42. The van der Waals surface area contributed by atoms with Gasteiger partial charge >= 0.3 is 0 Å². The Morgan fingerprint density at radius 3 is 2.95 bits per heavy atom. The van der Waals surface area contributed by atoms with Crippen LogP contribution < -0.4 is 5.43 Å². The number of pyridine rings is 1. The van der Waals surface area contributed by atoms with Gasteiger partial charge in [-0.15, -0.1) is 0 Å². The van der Waals surface area contributed by atoms with Gasteiger partial charge in [0.15, 0.2) is 5.82 Å². The van der Waals surface area contributed by atoms with Gasteiger partial charge < -0.3 is 4.57 Å². The number of halogens is 3. The van der Waals surface area contributed by atoms with Crippen molar-refractivity contribution in [2.75, 3.05) is 5.43 Å². The van der Waals surface area contributed by atoms with Gasteiger partial charge in [0.2, 0.25) is 0 Å². The third-order valence-corrected chi connectivity index (χ3v) is 3.86. The normalized spacial score (nSPS) is 15.8. The Morgan fingerprint density at radius 1 is 1.26 bits per heavy atom. The summed E-state index contributed by atoms with van der Waals surface area (Å²) in [6.45, 7) is 0.936. The van der Waals surface area contributed by atoms with Crippen molar-refractivity contribution in [3.8, 4) is 0 Å². The number of aryl methyl sites for hydroxylation is 1. The van der Waals surface area contributed by atoms with Crippen molar-refractivity contribution in [1.29, 1.82) is 0 Å². The Kier molecular flexibility index (Phi) is 3.39. The van der Waals surface area contributed by atoms with Crippen LogP contribution in [0.15, 0.2) is 29.5 Å². The maximum atomic E-state index is 6.02. The van der Waals surface area contributed by atoms with E-state index in [0.717, 1.165) is 24.4 Å². The smallest absolute Gasteiger partial charge is 0.166 e. The number of nitrogens with one attached hydrogen (secondary N) is 1. The molecule has 3 rings (SSSR count). The Morgan fingerprint density at radius 2 is 2.11 bits per heavy atom. The molecule has 2 aromatic heterocycles. The molecular weight excluding hydrogens is 307 g/mol. The number of aromatic nitrogens is 2. The largest absolute Gasteiger partial charge is 0.346 e. The average molecular weight is 316 g/mol. The second-order valence-electron chi connectivity index (χ2n) is 4.10. The zero-order valence-electron chi connectivity index (χ0n) is 9.70. The van der Waals surface area contributed by atoms with Crippen molar-refractivity contribution >= 4 is 46.3 Å². The molecule has 0 bridgehead atoms. The minimum atomic E-state index is 0.198.